The SMILES string of the molecule is COc1cccc(CN(C(=O)CN(c2ccc(Cl)cc2)S(=O)(=O)c2ccc(C)cc2)C(Cc2ccccc2)C(=O)NC2CCCC2)c1. The number of nitrogens with one attached hydrogen (secondary N) is 1. The Morgan fingerprint density at radius 2 is 1.55 bits per heavy atom. The van der Waals surface area contributed by atoms with Crippen molar-refractivity contribution < 1.29 is 22.7 Å². The molecule has 0 aliphatic heterocycles. The Labute approximate surface area is 282 Å². The molecule has 4 aromatic carbocycles. The molecule has 1 aliphatic carbocycles. The third-order valence-corrected chi connectivity index (χ3v) is 10.5. The first-order valence-electron chi connectivity index (χ1n) is 15.8. The van der Waals surface area contributed by atoms with Crippen molar-refractivity contribution in [3.8, 4) is 5.75 Å². The number of nitrogens with zero attached hydrogens (tertiary/aromatic N) is 2. The number of amides is 2. The highest BCUT2D eigenvalue weighted by molar-refractivity contribution is 7.92. The molecule has 0 aromatic heterocycles. The summed E-state index contributed by atoms with van der Waals surface area (Å²) in [5.41, 5.74) is 2.80. The van der Waals surface area contributed by atoms with Crippen molar-refractivity contribution in [3.63, 3.8) is 0 Å². The van der Waals surface area contributed by atoms with Crippen molar-refractivity contribution in [2.24, 2.45) is 0 Å². The molecule has 0 radical (unpaired) electrons. The number of carbonyl (C=O) groups is 2. The molecule has 1 unspecified atom stereocenters. The van der Waals surface area contributed by atoms with Gasteiger partial charge in [0, 0.05) is 24.0 Å². The Morgan fingerprint density at radius 1 is 0.894 bits per heavy atom. The third-order valence-electron chi connectivity index (χ3n) is 8.46. The van der Waals surface area contributed by atoms with E-state index in [-0.39, 0.29) is 35.5 Å². The van der Waals surface area contributed by atoms with Crippen molar-refractivity contribution in [1.82, 2.24) is 10.2 Å². The molecule has 2 amide bonds. The molecule has 1 N–H and O–H groups in total. The molecule has 8 nitrogen and oxygen atoms in total. The average Bonchev–Trinajstić information content (AvgIpc) is 3.59. The van der Waals surface area contributed by atoms with Gasteiger partial charge in [-0.25, -0.2) is 8.42 Å². The minimum atomic E-state index is -4.20. The largest absolute Gasteiger partial charge is 0.497 e. The number of methoxy groups -OCH3 is 1. The summed E-state index contributed by atoms with van der Waals surface area (Å²) in [6.45, 7) is 1.39. The fourth-order valence-corrected chi connectivity index (χ4v) is 7.40. The van der Waals surface area contributed by atoms with Crippen molar-refractivity contribution in [3.05, 3.63) is 125 Å². The van der Waals surface area contributed by atoms with Crippen molar-refractivity contribution >= 4 is 39.1 Å². The summed E-state index contributed by atoms with van der Waals surface area (Å²) in [5.74, 6) is -0.188. The molecule has 0 saturated heterocycles. The van der Waals surface area contributed by atoms with Crippen LogP contribution < -0.4 is 14.4 Å². The number of aryl methyl sites for hydroxylation is 1. The molecule has 1 aliphatic rings. The summed E-state index contributed by atoms with van der Waals surface area (Å²) < 4.78 is 34.9. The van der Waals surface area contributed by atoms with E-state index in [1.54, 1.807) is 49.6 Å². The van der Waals surface area contributed by atoms with E-state index >= 15 is 0 Å². The fraction of sp³-hybridized carbons (Fsp3) is 0.297. The molecule has 47 heavy (non-hydrogen) atoms. The Bertz CT molecular complexity index is 1760. The van der Waals surface area contributed by atoms with Crippen LogP contribution in [0.2, 0.25) is 5.02 Å². The normalized spacial score (nSPS) is 13.9. The van der Waals surface area contributed by atoms with Crippen LogP contribution in [-0.2, 0) is 32.6 Å². The van der Waals surface area contributed by atoms with Crippen LogP contribution in [-0.4, -0.2) is 50.9 Å². The number of halogens is 1. The van der Waals surface area contributed by atoms with Gasteiger partial charge in [-0.15, -0.1) is 0 Å². The van der Waals surface area contributed by atoms with Gasteiger partial charge in [0.25, 0.3) is 10.0 Å². The summed E-state index contributed by atoms with van der Waals surface area (Å²) in [6, 6.07) is 28.7. The quantitative estimate of drug-likeness (QED) is 0.174. The average molecular weight is 674 g/mol. The summed E-state index contributed by atoms with van der Waals surface area (Å²) in [4.78, 5) is 30.3. The first kappa shape index (κ1) is 34.0. The van der Waals surface area contributed by atoms with Gasteiger partial charge in [0.15, 0.2) is 0 Å². The van der Waals surface area contributed by atoms with Crippen LogP contribution >= 0.6 is 11.6 Å². The first-order chi connectivity index (χ1) is 22.6. The van der Waals surface area contributed by atoms with Gasteiger partial charge in [-0.2, -0.15) is 0 Å². The lowest BCUT2D eigenvalue weighted by Gasteiger charge is -2.34. The smallest absolute Gasteiger partial charge is 0.264 e. The lowest BCUT2D eigenvalue weighted by Crippen LogP contribution is -2.54. The highest BCUT2D eigenvalue weighted by Crippen LogP contribution is 2.27. The standard InChI is InChI=1S/C37H40ClN3O5S/c1-27-15-21-34(22-16-27)47(44,45)41(32-19-17-30(38)18-20-32)26-36(42)40(25-29-11-8-14-33(23-29)46-2)35(24-28-9-4-3-5-10-28)37(43)39-31-12-6-7-13-31/h3-5,8-11,14-23,31,35H,6-7,12-13,24-26H2,1-2H3,(H,39,43). The number of anilines is 1. The predicted octanol–water partition coefficient (Wildman–Crippen LogP) is 6.55. The molecule has 246 valence electrons. The second-order valence-corrected chi connectivity index (χ2v) is 14.2. The maximum Gasteiger partial charge on any atom is 0.264 e. The molecule has 1 saturated carbocycles. The lowest BCUT2D eigenvalue weighted by atomic mass is 10.0. The Balaban J connectivity index is 1.57. The van der Waals surface area contributed by atoms with E-state index < -0.39 is 28.5 Å². The highest BCUT2D eigenvalue weighted by Gasteiger charge is 2.35. The van der Waals surface area contributed by atoms with Gasteiger partial charge in [0.05, 0.1) is 17.7 Å². The zero-order chi connectivity index (χ0) is 33.4. The van der Waals surface area contributed by atoms with Crippen molar-refractivity contribution in [2.45, 2.75) is 62.6 Å². The second-order valence-electron chi connectivity index (χ2n) is 11.9. The van der Waals surface area contributed by atoms with Gasteiger partial charge < -0.3 is 15.0 Å². The monoisotopic (exact) mass is 673 g/mol. The summed E-state index contributed by atoms with van der Waals surface area (Å²) in [5, 5.41) is 3.62. The van der Waals surface area contributed by atoms with E-state index in [0.29, 0.717) is 10.8 Å². The maximum atomic E-state index is 14.6. The van der Waals surface area contributed by atoms with E-state index in [9.17, 15) is 18.0 Å². The van der Waals surface area contributed by atoms with Gasteiger partial charge in [0.1, 0.15) is 18.3 Å². The number of ether oxygens (including phenoxy) is 1. The summed E-state index contributed by atoms with van der Waals surface area (Å²) >= 11 is 6.16. The Hall–Kier alpha value is -4.34. The van der Waals surface area contributed by atoms with Crippen LogP contribution in [0.3, 0.4) is 0 Å². The van der Waals surface area contributed by atoms with Crippen LogP contribution in [0.15, 0.2) is 108 Å². The van der Waals surface area contributed by atoms with Gasteiger partial charge >= 0.3 is 0 Å². The molecule has 0 bridgehead atoms. The van der Waals surface area contributed by atoms with Gasteiger partial charge in [0.2, 0.25) is 11.8 Å². The first-order valence-corrected chi connectivity index (χ1v) is 17.6. The van der Waals surface area contributed by atoms with Crippen LogP contribution in [0.5, 0.6) is 5.75 Å². The molecular weight excluding hydrogens is 634 g/mol. The third kappa shape index (κ3) is 8.73. The number of rotatable bonds is 13. The van der Waals surface area contributed by atoms with Crippen LogP contribution in [0.25, 0.3) is 0 Å². The van der Waals surface area contributed by atoms with Crippen LogP contribution in [0.4, 0.5) is 5.69 Å². The molecule has 4 aromatic rings. The highest BCUT2D eigenvalue weighted by atomic mass is 35.5. The van der Waals surface area contributed by atoms with E-state index in [2.05, 4.69) is 5.32 Å². The molecule has 1 fully saturated rings. The number of hydrogen-bond donors (Lipinski definition) is 1. The molecular formula is C37H40ClN3O5S. The van der Waals surface area contributed by atoms with E-state index in [1.165, 1.54) is 17.0 Å². The van der Waals surface area contributed by atoms with Crippen molar-refractivity contribution in [2.75, 3.05) is 18.0 Å². The topological polar surface area (TPSA) is 96.0 Å². The molecule has 1 atom stereocenters. The second kappa shape index (κ2) is 15.5. The van der Waals surface area contributed by atoms with Crippen LogP contribution in [0.1, 0.15) is 42.4 Å². The molecule has 0 heterocycles. The number of hydrogen-bond acceptors (Lipinski definition) is 5. The van der Waals surface area contributed by atoms with Gasteiger partial charge in [-0.3, -0.25) is 13.9 Å². The minimum Gasteiger partial charge on any atom is -0.497 e. The fourth-order valence-electron chi connectivity index (χ4n) is 5.86. The van der Waals surface area contributed by atoms with Gasteiger partial charge in [-0.05, 0) is 79.4 Å². The predicted molar refractivity (Wildman–Crippen MR) is 185 cm³/mol. The van der Waals surface area contributed by atoms with E-state index in [0.717, 1.165) is 46.7 Å². The number of sulfonamides is 1. The summed E-state index contributed by atoms with van der Waals surface area (Å²) in [6.07, 6.45) is 4.08. The molecule has 10 heteroatoms. The van der Waals surface area contributed by atoms with Crippen molar-refractivity contribution in [1.29, 1.82) is 0 Å². The Morgan fingerprint density at radius 3 is 2.21 bits per heavy atom. The van der Waals surface area contributed by atoms with E-state index in [4.69, 9.17) is 16.3 Å². The summed E-state index contributed by atoms with van der Waals surface area (Å²) in [7, 11) is -2.63. The Kier molecular flexibility index (Phi) is 11.2. The minimum absolute atomic E-state index is 0.0297. The molecule has 5 rings (SSSR count). The zero-order valence-electron chi connectivity index (χ0n) is 26.6. The molecule has 0 spiro atoms. The number of carbonyl (C=O) groups excluding carboxylic acids is 2. The van der Waals surface area contributed by atoms with Gasteiger partial charge in [-0.1, -0.05) is 84.6 Å². The number of benzene rings is 4. The maximum absolute atomic E-state index is 14.6. The lowest BCUT2D eigenvalue weighted by molar-refractivity contribution is -0.140. The van der Waals surface area contributed by atoms with E-state index in [1.807, 2.05) is 55.5 Å². The zero-order valence-corrected chi connectivity index (χ0v) is 28.2. The van der Waals surface area contributed by atoms with Crippen LogP contribution in [0, 0.1) is 6.92 Å².